The van der Waals surface area contributed by atoms with Gasteiger partial charge in [-0.3, -0.25) is 0 Å². The molecule has 0 saturated heterocycles. The third-order valence-electron chi connectivity index (χ3n) is 4.58. The first kappa shape index (κ1) is 25.4. The van der Waals surface area contributed by atoms with Crippen LogP contribution in [0, 0.1) is 0 Å². The van der Waals surface area contributed by atoms with Gasteiger partial charge in [0.1, 0.15) is 11.5 Å². The van der Waals surface area contributed by atoms with Gasteiger partial charge in [0.2, 0.25) is 0 Å². The molecule has 0 amide bonds. The van der Waals surface area contributed by atoms with E-state index in [1.165, 1.54) is 24.3 Å². The largest absolute Gasteiger partial charge is 0.478 e. The van der Waals surface area contributed by atoms with Gasteiger partial charge in [0, 0.05) is 0 Å². The number of hydrogen-bond acceptors (Lipinski definition) is 7. The zero-order valence-corrected chi connectivity index (χ0v) is 18.5. The lowest BCUT2D eigenvalue weighted by Gasteiger charge is -2.12. The van der Waals surface area contributed by atoms with Crippen LogP contribution in [0.4, 0.5) is 0 Å². The number of carbonyl (C=O) groups excluding carboxylic acids is 2. The highest BCUT2D eigenvalue weighted by molar-refractivity contribution is 6.03. The van der Waals surface area contributed by atoms with Crippen molar-refractivity contribution in [2.45, 2.75) is 39.5 Å². The standard InChI is InChI=1S/C24H26O9/c1-3-5-11-31-23(29)17-9-7-15(13-19(17)21(25)26)33-16-8-10-18(20(14-16)22(27)28)24(30)32-12-6-4-2/h7-10,13-14H,3-6,11-12H2,1-2H3,(H,25,26)(H,27,28). The smallest absolute Gasteiger partial charge is 0.339 e. The molecule has 0 unspecified atom stereocenters. The first-order valence-electron chi connectivity index (χ1n) is 10.5. The van der Waals surface area contributed by atoms with Gasteiger partial charge in [-0.25, -0.2) is 19.2 Å². The van der Waals surface area contributed by atoms with Crippen LogP contribution in [-0.2, 0) is 9.47 Å². The van der Waals surface area contributed by atoms with E-state index in [0.29, 0.717) is 12.8 Å². The average molecular weight is 458 g/mol. The number of ether oxygens (including phenoxy) is 3. The van der Waals surface area contributed by atoms with E-state index in [4.69, 9.17) is 14.2 Å². The molecule has 0 aromatic heterocycles. The summed E-state index contributed by atoms with van der Waals surface area (Å²) < 4.78 is 15.8. The Kier molecular flexibility index (Phi) is 9.41. The summed E-state index contributed by atoms with van der Waals surface area (Å²) in [5.41, 5.74) is -0.878. The summed E-state index contributed by atoms with van der Waals surface area (Å²) in [5.74, 6) is -4.09. The van der Waals surface area contributed by atoms with Crippen molar-refractivity contribution in [2.75, 3.05) is 13.2 Å². The predicted octanol–water partition coefficient (Wildman–Crippen LogP) is 4.79. The number of benzene rings is 2. The van der Waals surface area contributed by atoms with Crippen LogP contribution < -0.4 is 4.74 Å². The second kappa shape index (κ2) is 12.2. The highest BCUT2D eigenvalue weighted by atomic mass is 16.5. The number of aromatic carboxylic acids is 2. The van der Waals surface area contributed by atoms with E-state index in [0.717, 1.165) is 25.0 Å². The van der Waals surface area contributed by atoms with Crippen LogP contribution in [0.25, 0.3) is 0 Å². The summed E-state index contributed by atoms with van der Waals surface area (Å²) in [6.45, 7) is 4.22. The number of esters is 2. The highest BCUT2D eigenvalue weighted by Crippen LogP contribution is 2.27. The molecule has 2 aromatic rings. The Morgan fingerprint density at radius 3 is 1.39 bits per heavy atom. The monoisotopic (exact) mass is 458 g/mol. The second-order valence-corrected chi connectivity index (χ2v) is 7.11. The fourth-order valence-electron chi connectivity index (χ4n) is 2.79. The molecule has 0 heterocycles. The SMILES string of the molecule is CCCCOC(=O)c1ccc(Oc2ccc(C(=O)OCCCC)c(C(=O)O)c2)cc1C(=O)O. The van der Waals surface area contributed by atoms with E-state index in [-0.39, 0.29) is 47.0 Å². The van der Waals surface area contributed by atoms with Gasteiger partial charge < -0.3 is 24.4 Å². The lowest BCUT2D eigenvalue weighted by Crippen LogP contribution is -2.13. The van der Waals surface area contributed by atoms with Crippen molar-refractivity contribution in [3.63, 3.8) is 0 Å². The van der Waals surface area contributed by atoms with E-state index in [1.807, 2.05) is 13.8 Å². The third kappa shape index (κ3) is 7.06. The van der Waals surface area contributed by atoms with Crippen molar-refractivity contribution >= 4 is 23.9 Å². The van der Waals surface area contributed by atoms with E-state index >= 15 is 0 Å². The molecule has 2 aromatic carbocycles. The van der Waals surface area contributed by atoms with Gasteiger partial charge in [0.05, 0.1) is 35.5 Å². The quantitative estimate of drug-likeness (QED) is 0.340. The van der Waals surface area contributed by atoms with E-state index in [2.05, 4.69) is 0 Å². The van der Waals surface area contributed by atoms with Crippen LogP contribution >= 0.6 is 0 Å². The molecule has 2 rings (SSSR count). The van der Waals surface area contributed by atoms with E-state index < -0.39 is 23.9 Å². The zero-order valence-electron chi connectivity index (χ0n) is 18.5. The minimum atomic E-state index is -1.35. The molecular formula is C24H26O9. The van der Waals surface area contributed by atoms with Gasteiger partial charge in [0.15, 0.2) is 0 Å². The Morgan fingerprint density at radius 2 is 1.06 bits per heavy atom. The van der Waals surface area contributed by atoms with Crippen LogP contribution in [0.3, 0.4) is 0 Å². The molecule has 0 spiro atoms. The molecule has 0 fully saturated rings. The molecule has 0 bridgehead atoms. The van der Waals surface area contributed by atoms with Crippen molar-refractivity contribution in [1.29, 1.82) is 0 Å². The number of hydrogen-bond donors (Lipinski definition) is 2. The Hall–Kier alpha value is -3.88. The average Bonchev–Trinajstić information content (AvgIpc) is 2.79. The van der Waals surface area contributed by atoms with Crippen LogP contribution in [0.2, 0.25) is 0 Å². The number of carboxylic acids is 2. The molecule has 9 nitrogen and oxygen atoms in total. The molecule has 0 atom stereocenters. The number of carbonyl (C=O) groups is 4. The molecule has 9 heteroatoms. The van der Waals surface area contributed by atoms with Crippen molar-refractivity contribution in [3.05, 3.63) is 58.7 Å². The summed E-state index contributed by atoms with van der Waals surface area (Å²) in [6.07, 6.45) is 2.95. The molecule has 0 aliphatic rings. The number of carboxylic acid groups (broad SMARTS) is 2. The Morgan fingerprint density at radius 1 is 0.667 bits per heavy atom. The van der Waals surface area contributed by atoms with Crippen molar-refractivity contribution in [2.24, 2.45) is 0 Å². The molecule has 0 aliphatic carbocycles. The van der Waals surface area contributed by atoms with Crippen molar-refractivity contribution < 1.29 is 43.6 Å². The highest BCUT2D eigenvalue weighted by Gasteiger charge is 2.21. The topological polar surface area (TPSA) is 136 Å². The minimum absolute atomic E-state index is 0.0621. The molecule has 176 valence electrons. The Bertz CT molecular complexity index is 945. The molecule has 0 radical (unpaired) electrons. The molecule has 0 aliphatic heterocycles. The molecule has 33 heavy (non-hydrogen) atoms. The normalized spacial score (nSPS) is 10.4. The van der Waals surface area contributed by atoms with Crippen LogP contribution in [0.1, 0.15) is 81.0 Å². The Labute approximate surface area is 190 Å². The summed E-state index contributed by atoms with van der Waals surface area (Å²) in [7, 11) is 0. The minimum Gasteiger partial charge on any atom is -0.478 e. The number of unbranched alkanes of at least 4 members (excludes halogenated alkanes) is 2. The maximum atomic E-state index is 12.2. The third-order valence-corrected chi connectivity index (χ3v) is 4.58. The fourth-order valence-corrected chi connectivity index (χ4v) is 2.79. The van der Waals surface area contributed by atoms with Gasteiger partial charge in [-0.1, -0.05) is 26.7 Å². The molecule has 2 N–H and O–H groups in total. The summed E-state index contributed by atoms with van der Waals surface area (Å²) >= 11 is 0. The zero-order chi connectivity index (χ0) is 24.4. The van der Waals surface area contributed by atoms with Crippen LogP contribution in [0.5, 0.6) is 11.5 Å². The second-order valence-electron chi connectivity index (χ2n) is 7.11. The molecular weight excluding hydrogens is 432 g/mol. The van der Waals surface area contributed by atoms with Crippen LogP contribution in [0.15, 0.2) is 36.4 Å². The van der Waals surface area contributed by atoms with Crippen molar-refractivity contribution in [3.8, 4) is 11.5 Å². The maximum Gasteiger partial charge on any atom is 0.339 e. The van der Waals surface area contributed by atoms with Gasteiger partial charge in [-0.05, 0) is 49.2 Å². The maximum absolute atomic E-state index is 12.2. The summed E-state index contributed by atoms with van der Waals surface area (Å²) in [5, 5.41) is 19.0. The fraction of sp³-hybridized carbons (Fsp3) is 0.333. The predicted molar refractivity (Wildman–Crippen MR) is 117 cm³/mol. The van der Waals surface area contributed by atoms with E-state index in [1.54, 1.807) is 0 Å². The van der Waals surface area contributed by atoms with Gasteiger partial charge in [-0.2, -0.15) is 0 Å². The van der Waals surface area contributed by atoms with Gasteiger partial charge in [0.25, 0.3) is 0 Å². The Balaban J connectivity index is 2.27. The summed E-state index contributed by atoms with van der Waals surface area (Å²) in [6, 6.07) is 7.57. The van der Waals surface area contributed by atoms with Crippen LogP contribution in [-0.4, -0.2) is 47.3 Å². The first-order valence-corrected chi connectivity index (χ1v) is 10.5. The van der Waals surface area contributed by atoms with Crippen molar-refractivity contribution in [1.82, 2.24) is 0 Å². The lowest BCUT2D eigenvalue weighted by molar-refractivity contribution is 0.0484. The summed E-state index contributed by atoms with van der Waals surface area (Å²) in [4.78, 5) is 47.7. The van der Waals surface area contributed by atoms with Gasteiger partial charge in [-0.15, -0.1) is 0 Å². The lowest BCUT2D eigenvalue weighted by atomic mass is 10.1. The van der Waals surface area contributed by atoms with E-state index in [9.17, 15) is 29.4 Å². The van der Waals surface area contributed by atoms with Gasteiger partial charge >= 0.3 is 23.9 Å². The number of rotatable bonds is 12. The first-order chi connectivity index (χ1) is 15.8. The molecule has 0 saturated carbocycles.